The zero-order chi connectivity index (χ0) is 13.1. The third-order valence-corrected chi connectivity index (χ3v) is 3.52. The van der Waals surface area contributed by atoms with Gasteiger partial charge in [0, 0.05) is 16.1 Å². The first-order chi connectivity index (χ1) is 8.61. The largest absolute Gasteiger partial charge is 0.339 e. The van der Waals surface area contributed by atoms with Crippen molar-refractivity contribution in [1.29, 1.82) is 0 Å². The van der Waals surface area contributed by atoms with E-state index >= 15 is 0 Å². The van der Waals surface area contributed by atoms with E-state index in [1.165, 1.54) is 0 Å². The van der Waals surface area contributed by atoms with Crippen LogP contribution in [0.15, 0.2) is 33.3 Å². The van der Waals surface area contributed by atoms with Crippen molar-refractivity contribution >= 4 is 15.9 Å². The molecule has 1 heterocycles. The quantitative estimate of drug-likeness (QED) is 0.940. The number of hydrogen-bond donors (Lipinski definition) is 1. The summed E-state index contributed by atoms with van der Waals surface area (Å²) < 4.78 is 6.28. The van der Waals surface area contributed by atoms with Gasteiger partial charge < -0.3 is 10.3 Å². The smallest absolute Gasteiger partial charge is 0.231 e. The molecular formula is C13H16BrN3O. The lowest BCUT2D eigenvalue weighted by molar-refractivity contribution is 0.340. The van der Waals surface area contributed by atoms with E-state index in [4.69, 9.17) is 10.3 Å². The number of hydrogen-bond acceptors (Lipinski definition) is 4. The fourth-order valence-electron chi connectivity index (χ4n) is 1.70. The lowest BCUT2D eigenvalue weighted by Crippen LogP contribution is -2.25. The van der Waals surface area contributed by atoms with E-state index < -0.39 is 0 Å². The molecule has 4 nitrogen and oxygen atoms in total. The Morgan fingerprint density at radius 1 is 1.44 bits per heavy atom. The summed E-state index contributed by atoms with van der Waals surface area (Å²) in [5, 5.41) is 4.00. The van der Waals surface area contributed by atoms with Gasteiger partial charge in [-0.15, -0.1) is 0 Å². The minimum Gasteiger partial charge on any atom is -0.339 e. The normalized spacial score (nSPS) is 14.4. The van der Waals surface area contributed by atoms with Crippen molar-refractivity contribution in [2.24, 2.45) is 5.73 Å². The SMILES string of the molecule is CCC(N)C(C)c1nc(-c2cccc(Br)c2)no1. The van der Waals surface area contributed by atoms with Crippen LogP contribution in [0.2, 0.25) is 0 Å². The maximum atomic E-state index is 5.99. The highest BCUT2D eigenvalue weighted by Gasteiger charge is 2.20. The Morgan fingerprint density at radius 3 is 2.89 bits per heavy atom. The van der Waals surface area contributed by atoms with Gasteiger partial charge in [-0.2, -0.15) is 4.98 Å². The molecule has 0 aliphatic heterocycles. The van der Waals surface area contributed by atoms with E-state index in [2.05, 4.69) is 26.1 Å². The fourth-order valence-corrected chi connectivity index (χ4v) is 2.10. The summed E-state index contributed by atoms with van der Waals surface area (Å²) in [7, 11) is 0. The Bertz CT molecular complexity index is 526. The van der Waals surface area contributed by atoms with Crippen LogP contribution in [-0.2, 0) is 0 Å². The monoisotopic (exact) mass is 309 g/mol. The van der Waals surface area contributed by atoms with Gasteiger partial charge in [0.05, 0.1) is 5.92 Å². The summed E-state index contributed by atoms with van der Waals surface area (Å²) >= 11 is 3.42. The van der Waals surface area contributed by atoms with E-state index in [0.29, 0.717) is 11.7 Å². The van der Waals surface area contributed by atoms with Crippen LogP contribution < -0.4 is 5.73 Å². The van der Waals surface area contributed by atoms with Gasteiger partial charge in [0.15, 0.2) is 0 Å². The average Bonchev–Trinajstić information content (AvgIpc) is 2.86. The minimum atomic E-state index is 0.0424. The predicted molar refractivity (Wildman–Crippen MR) is 74.1 cm³/mol. The number of halogens is 1. The molecule has 2 N–H and O–H groups in total. The standard InChI is InChI=1S/C13H16BrN3O/c1-3-11(15)8(2)13-16-12(17-18-13)9-5-4-6-10(14)7-9/h4-8,11H,3,15H2,1-2H3. The summed E-state index contributed by atoms with van der Waals surface area (Å²) in [5.74, 6) is 1.27. The van der Waals surface area contributed by atoms with Gasteiger partial charge in [-0.25, -0.2) is 0 Å². The molecule has 0 radical (unpaired) electrons. The third kappa shape index (κ3) is 2.79. The van der Waals surface area contributed by atoms with Crippen LogP contribution in [0.4, 0.5) is 0 Å². The van der Waals surface area contributed by atoms with Crippen LogP contribution in [0.3, 0.4) is 0 Å². The topological polar surface area (TPSA) is 64.9 Å². The molecule has 0 saturated heterocycles. The van der Waals surface area contributed by atoms with Gasteiger partial charge in [0.25, 0.3) is 0 Å². The molecule has 0 saturated carbocycles. The maximum absolute atomic E-state index is 5.99. The van der Waals surface area contributed by atoms with Crippen molar-refractivity contribution in [3.63, 3.8) is 0 Å². The lowest BCUT2D eigenvalue weighted by atomic mass is 10.0. The Labute approximate surface area is 115 Å². The molecule has 0 amide bonds. The van der Waals surface area contributed by atoms with Gasteiger partial charge in [-0.05, 0) is 18.6 Å². The fraction of sp³-hybridized carbons (Fsp3) is 0.385. The Kier molecular flexibility index (Phi) is 4.14. The number of aromatic nitrogens is 2. The number of rotatable bonds is 4. The Balaban J connectivity index is 2.25. The van der Waals surface area contributed by atoms with Crippen molar-refractivity contribution in [1.82, 2.24) is 10.1 Å². The highest BCUT2D eigenvalue weighted by Crippen LogP contribution is 2.24. The number of benzene rings is 1. The van der Waals surface area contributed by atoms with Gasteiger partial charge in [-0.3, -0.25) is 0 Å². The highest BCUT2D eigenvalue weighted by atomic mass is 79.9. The summed E-state index contributed by atoms with van der Waals surface area (Å²) in [6.07, 6.45) is 0.885. The predicted octanol–water partition coefficient (Wildman–Crippen LogP) is 3.34. The van der Waals surface area contributed by atoms with Crippen LogP contribution in [0.5, 0.6) is 0 Å². The number of nitrogens with zero attached hydrogens (tertiary/aromatic N) is 2. The van der Waals surface area contributed by atoms with Crippen LogP contribution in [0.1, 0.15) is 32.1 Å². The molecule has 1 aromatic carbocycles. The summed E-state index contributed by atoms with van der Waals surface area (Å²) in [6.45, 7) is 4.05. The first kappa shape index (κ1) is 13.2. The number of nitrogens with two attached hydrogens (primary N) is 1. The second-order valence-corrected chi connectivity index (χ2v) is 5.24. The van der Waals surface area contributed by atoms with Crippen LogP contribution >= 0.6 is 15.9 Å². The van der Waals surface area contributed by atoms with Gasteiger partial charge in [0.2, 0.25) is 11.7 Å². The summed E-state index contributed by atoms with van der Waals surface area (Å²) in [6, 6.07) is 7.85. The van der Waals surface area contributed by atoms with Gasteiger partial charge in [-0.1, -0.05) is 47.1 Å². The molecule has 1 aromatic heterocycles. The molecule has 96 valence electrons. The first-order valence-corrected chi connectivity index (χ1v) is 6.76. The molecule has 18 heavy (non-hydrogen) atoms. The van der Waals surface area contributed by atoms with Crippen molar-refractivity contribution in [2.45, 2.75) is 32.2 Å². The third-order valence-electron chi connectivity index (χ3n) is 3.03. The van der Waals surface area contributed by atoms with E-state index in [-0.39, 0.29) is 12.0 Å². The van der Waals surface area contributed by atoms with Crippen LogP contribution in [-0.4, -0.2) is 16.2 Å². The average molecular weight is 310 g/mol. The molecule has 2 rings (SSSR count). The molecule has 2 aromatic rings. The van der Waals surface area contributed by atoms with Crippen molar-refractivity contribution in [2.75, 3.05) is 0 Å². The second-order valence-electron chi connectivity index (χ2n) is 4.33. The minimum absolute atomic E-state index is 0.0424. The molecule has 0 bridgehead atoms. The molecule has 0 fully saturated rings. The van der Waals surface area contributed by atoms with Gasteiger partial charge in [0.1, 0.15) is 0 Å². The zero-order valence-corrected chi connectivity index (χ0v) is 12.0. The first-order valence-electron chi connectivity index (χ1n) is 5.97. The van der Waals surface area contributed by atoms with Gasteiger partial charge >= 0.3 is 0 Å². The van der Waals surface area contributed by atoms with Crippen molar-refractivity contribution in [3.05, 3.63) is 34.6 Å². The molecule has 0 aliphatic rings. The van der Waals surface area contributed by atoms with E-state index in [9.17, 15) is 0 Å². The zero-order valence-electron chi connectivity index (χ0n) is 10.4. The second kappa shape index (κ2) is 5.63. The van der Waals surface area contributed by atoms with Crippen LogP contribution in [0, 0.1) is 0 Å². The molecule has 2 atom stereocenters. The Hall–Kier alpha value is -1.20. The molecule has 0 aliphatic carbocycles. The molecular weight excluding hydrogens is 294 g/mol. The highest BCUT2D eigenvalue weighted by molar-refractivity contribution is 9.10. The maximum Gasteiger partial charge on any atom is 0.231 e. The molecule has 2 unspecified atom stereocenters. The molecule has 5 heteroatoms. The van der Waals surface area contributed by atoms with E-state index in [1.807, 2.05) is 38.1 Å². The lowest BCUT2D eigenvalue weighted by Gasteiger charge is -2.13. The van der Waals surface area contributed by atoms with Crippen LogP contribution in [0.25, 0.3) is 11.4 Å². The van der Waals surface area contributed by atoms with Crippen molar-refractivity contribution in [3.8, 4) is 11.4 Å². The van der Waals surface area contributed by atoms with Crippen molar-refractivity contribution < 1.29 is 4.52 Å². The Morgan fingerprint density at radius 2 is 2.22 bits per heavy atom. The van der Waals surface area contributed by atoms with E-state index in [0.717, 1.165) is 16.5 Å². The summed E-state index contributed by atoms with van der Waals surface area (Å²) in [4.78, 5) is 4.41. The molecule has 0 spiro atoms. The summed E-state index contributed by atoms with van der Waals surface area (Å²) in [5.41, 5.74) is 6.91. The van der Waals surface area contributed by atoms with E-state index in [1.54, 1.807) is 0 Å².